The number of carboxylic acids is 1. The molecule has 1 heterocycles. The molecule has 2 aromatic rings. The van der Waals surface area contributed by atoms with Crippen molar-refractivity contribution in [3.8, 4) is 0 Å². The first-order valence-electron chi connectivity index (χ1n) is 5.76. The summed E-state index contributed by atoms with van der Waals surface area (Å²) in [5.41, 5.74) is 1.55. The van der Waals surface area contributed by atoms with Gasteiger partial charge in [-0.3, -0.25) is 0 Å². The lowest BCUT2D eigenvalue weighted by Gasteiger charge is -2.12. The van der Waals surface area contributed by atoms with Crippen molar-refractivity contribution < 1.29 is 9.90 Å². The molecule has 0 radical (unpaired) electrons. The van der Waals surface area contributed by atoms with Crippen LogP contribution in [0.2, 0.25) is 0 Å². The minimum Gasteiger partial charge on any atom is -0.478 e. The van der Waals surface area contributed by atoms with E-state index in [1.807, 2.05) is 11.8 Å². The molecule has 1 aliphatic rings. The minimum absolute atomic E-state index is 0.228. The van der Waals surface area contributed by atoms with Gasteiger partial charge in [-0.05, 0) is 31.2 Å². The Morgan fingerprint density at radius 3 is 2.94 bits per heavy atom. The minimum atomic E-state index is -0.932. The number of nitrogens with zero attached hydrogens (tertiary/aromatic N) is 3. The first-order valence-corrected chi connectivity index (χ1v) is 6.98. The number of carboxylic acid groups (broad SMARTS) is 1. The van der Waals surface area contributed by atoms with Gasteiger partial charge in [0.15, 0.2) is 0 Å². The maximum Gasteiger partial charge on any atom is 0.337 e. The highest BCUT2D eigenvalue weighted by Crippen LogP contribution is 2.48. The zero-order valence-electron chi connectivity index (χ0n) is 9.96. The quantitative estimate of drug-likeness (QED) is 0.914. The number of para-hydroxylation sites is 1. The van der Waals surface area contributed by atoms with Gasteiger partial charge in [-0.25, -0.2) is 9.48 Å². The van der Waals surface area contributed by atoms with Crippen molar-refractivity contribution in [1.29, 1.82) is 0 Å². The number of aromatic nitrogens is 3. The molecule has 1 N–H and O–H groups in total. The molecule has 18 heavy (non-hydrogen) atoms. The molecule has 1 aromatic carbocycles. The topological polar surface area (TPSA) is 68.0 Å². The standard InChI is InChI=1S/C12H13N3O2S/c1-18-12(5-6-12)7-15-10-8(11(16)17)3-2-4-9(10)13-14-15/h2-4H,5-7H2,1H3,(H,16,17). The lowest BCUT2D eigenvalue weighted by Crippen LogP contribution is -2.16. The van der Waals surface area contributed by atoms with Crippen molar-refractivity contribution in [2.75, 3.05) is 6.26 Å². The van der Waals surface area contributed by atoms with E-state index in [-0.39, 0.29) is 10.3 Å². The van der Waals surface area contributed by atoms with Crippen molar-refractivity contribution in [3.05, 3.63) is 23.8 Å². The average Bonchev–Trinajstić information content (AvgIpc) is 3.03. The van der Waals surface area contributed by atoms with Crippen LogP contribution < -0.4 is 0 Å². The van der Waals surface area contributed by atoms with Crippen molar-refractivity contribution >= 4 is 28.8 Å². The van der Waals surface area contributed by atoms with E-state index in [1.165, 1.54) is 0 Å². The summed E-state index contributed by atoms with van der Waals surface area (Å²) in [4.78, 5) is 11.2. The Balaban J connectivity index is 2.09. The molecule has 3 rings (SSSR count). The van der Waals surface area contributed by atoms with E-state index in [0.717, 1.165) is 19.4 Å². The fourth-order valence-electron chi connectivity index (χ4n) is 2.15. The van der Waals surface area contributed by atoms with Crippen LogP contribution in [0.1, 0.15) is 23.2 Å². The predicted molar refractivity (Wildman–Crippen MR) is 70.0 cm³/mol. The Morgan fingerprint density at radius 2 is 2.33 bits per heavy atom. The third-order valence-electron chi connectivity index (χ3n) is 3.44. The molecule has 94 valence electrons. The van der Waals surface area contributed by atoms with Crippen molar-refractivity contribution in [2.24, 2.45) is 0 Å². The van der Waals surface area contributed by atoms with Crippen LogP contribution in [0, 0.1) is 0 Å². The van der Waals surface area contributed by atoms with Crippen LogP contribution >= 0.6 is 11.8 Å². The molecule has 0 spiro atoms. The lowest BCUT2D eigenvalue weighted by atomic mass is 10.2. The van der Waals surface area contributed by atoms with E-state index in [0.29, 0.717) is 11.0 Å². The van der Waals surface area contributed by atoms with Crippen molar-refractivity contribution in [1.82, 2.24) is 15.0 Å². The van der Waals surface area contributed by atoms with E-state index in [2.05, 4.69) is 16.6 Å². The summed E-state index contributed by atoms with van der Waals surface area (Å²) in [6.45, 7) is 0.731. The van der Waals surface area contributed by atoms with Crippen LogP contribution in [-0.2, 0) is 6.54 Å². The molecule has 6 heteroatoms. The summed E-state index contributed by atoms with van der Waals surface area (Å²) in [5.74, 6) is -0.932. The maximum absolute atomic E-state index is 11.2. The number of rotatable bonds is 4. The van der Waals surface area contributed by atoms with Gasteiger partial charge in [0.2, 0.25) is 0 Å². The molecule has 0 unspecified atom stereocenters. The van der Waals surface area contributed by atoms with Crippen LogP contribution in [0.4, 0.5) is 0 Å². The van der Waals surface area contributed by atoms with Crippen LogP contribution in [0.5, 0.6) is 0 Å². The molecular weight excluding hydrogens is 250 g/mol. The normalized spacial score (nSPS) is 16.9. The van der Waals surface area contributed by atoms with Gasteiger partial charge in [0.05, 0.1) is 12.1 Å². The molecule has 1 aliphatic carbocycles. The first kappa shape index (κ1) is 11.5. The summed E-state index contributed by atoms with van der Waals surface area (Å²) in [7, 11) is 0. The molecule has 1 saturated carbocycles. The Bertz CT molecular complexity index is 619. The zero-order chi connectivity index (χ0) is 12.8. The fourth-order valence-corrected chi connectivity index (χ4v) is 2.91. The molecule has 0 aliphatic heterocycles. The smallest absolute Gasteiger partial charge is 0.337 e. The van der Waals surface area contributed by atoms with Gasteiger partial charge in [0.25, 0.3) is 0 Å². The van der Waals surface area contributed by atoms with E-state index in [4.69, 9.17) is 0 Å². The van der Waals surface area contributed by atoms with Crippen LogP contribution in [0.15, 0.2) is 18.2 Å². The second-order valence-corrected chi connectivity index (χ2v) is 5.89. The highest BCUT2D eigenvalue weighted by Gasteiger charge is 2.43. The van der Waals surface area contributed by atoms with Gasteiger partial charge >= 0.3 is 5.97 Å². The lowest BCUT2D eigenvalue weighted by molar-refractivity contribution is 0.0698. The summed E-state index contributed by atoms with van der Waals surface area (Å²) >= 11 is 1.82. The van der Waals surface area contributed by atoms with Crippen LogP contribution in [0.3, 0.4) is 0 Å². The molecule has 5 nitrogen and oxygen atoms in total. The van der Waals surface area contributed by atoms with Crippen molar-refractivity contribution in [2.45, 2.75) is 24.1 Å². The molecule has 0 saturated heterocycles. The number of fused-ring (bicyclic) bond motifs is 1. The van der Waals surface area contributed by atoms with Gasteiger partial charge in [-0.1, -0.05) is 11.3 Å². The third kappa shape index (κ3) is 1.77. The summed E-state index contributed by atoms with van der Waals surface area (Å²) in [5, 5.41) is 17.4. The van der Waals surface area contributed by atoms with E-state index in [1.54, 1.807) is 22.9 Å². The van der Waals surface area contributed by atoms with Gasteiger partial charge in [0, 0.05) is 4.75 Å². The largest absolute Gasteiger partial charge is 0.478 e. The molecular formula is C12H13N3O2S. The first-order chi connectivity index (χ1) is 8.65. The number of aromatic carboxylic acids is 1. The average molecular weight is 263 g/mol. The number of carbonyl (C=O) groups is 1. The Hall–Kier alpha value is -1.56. The van der Waals surface area contributed by atoms with E-state index >= 15 is 0 Å². The van der Waals surface area contributed by atoms with Gasteiger partial charge in [-0.15, -0.1) is 5.10 Å². The van der Waals surface area contributed by atoms with Gasteiger partial charge < -0.3 is 5.11 Å². The molecule has 0 amide bonds. The number of hydrogen-bond donors (Lipinski definition) is 1. The molecule has 1 fully saturated rings. The Labute approximate surface area is 108 Å². The summed E-state index contributed by atoms with van der Waals surface area (Å²) in [6, 6.07) is 5.10. The van der Waals surface area contributed by atoms with E-state index < -0.39 is 5.97 Å². The maximum atomic E-state index is 11.2. The highest BCUT2D eigenvalue weighted by atomic mass is 32.2. The number of hydrogen-bond acceptors (Lipinski definition) is 4. The van der Waals surface area contributed by atoms with Gasteiger partial charge in [-0.2, -0.15) is 11.8 Å². The second-order valence-electron chi connectivity index (χ2n) is 4.61. The molecule has 0 bridgehead atoms. The Morgan fingerprint density at radius 1 is 1.56 bits per heavy atom. The SMILES string of the molecule is CSC1(Cn2nnc3cccc(C(=O)O)c32)CC1. The van der Waals surface area contributed by atoms with Crippen molar-refractivity contribution in [3.63, 3.8) is 0 Å². The molecule has 0 atom stereocenters. The fraction of sp³-hybridized carbons (Fsp3) is 0.417. The zero-order valence-corrected chi connectivity index (χ0v) is 10.8. The second kappa shape index (κ2) is 3.98. The van der Waals surface area contributed by atoms with Crippen LogP contribution in [0.25, 0.3) is 11.0 Å². The number of thioether (sulfide) groups is 1. The van der Waals surface area contributed by atoms with Gasteiger partial charge in [0.1, 0.15) is 11.0 Å². The highest BCUT2D eigenvalue weighted by molar-refractivity contribution is 8.00. The number of benzene rings is 1. The summed E-state index contributed by atoms with van der Waals surface area (Å²) < 4.78 is 1.97. The molecule has 1 aromatic heterocycles. The predicted octanol–water partition coefficient (Wildman–Crippen LogP) is 2.03. The summed E-state index contributed by atoms with van der Waals surface area (Å²) in [6.07, 6.45) is 4.40. The monoisotopic (exact) mass is 263 g/mol. The van der Waals surface area contributed by atoms with Crippen LogP contribution in [-0.4, -0.2) is 37.1 Å². The Kier molecular flexibility index (Phi) is 2.55. The third-order valence-corrected chi connectivity index (χ3v) is 4.85. The van der Waals surface area contributed by atoms with E-state index in [9.17, 15) is 9.90 Å².